The fourth-order valence-electron chi connectivity index (χ4n) is 2.68. The van der Waals surface area contributed by atoms with Crippen LogP contribution in [-0.4, -0.2) is 38.0 Å². The SMILES string of the molecule is CCOC(=O)CS(=O)(=O)C1CC(C(C)C)CCC1N. The molecule has 0 aromatic heterocycles. The lowest BCUT2D eigenvalue weighted by Gasteiger charge is -2.35. The van der Waals surface area contributed by atoms with Crippen molar-refractivity contribution in [2.24, 2.45) is 17.6 Å². The van der Waals surface area contributed by atoms with Gasteiger partial charge in [0.1, 0.15) is 5.75 Å². The molecule has 0 amide bonds. The van der Waals surface area contributed by atoms with Crippen molar-refractivity contribution in [2.45, 2.75) is 51.3 Å². The van der Waals surface area contributed by atoms with E-state index in [1.165, 1.54) is 0 Å². The van der Waals surface area contributed by atoms with Crippen molar-refractivity contribution in [3.8, 4) is 0 Å². The minimum Gasteiger partial charge on any atom is -0.465 e. The first-order chi connectivity index (χ1) is 8.77. The molecule has 1 aliphatic carbocycles. The van der Waals surface area contributed by atoms with Gasteiger partial charge >= 0.3 is 5.97 Å². The zero-order chi connectivity index (χ0) is 14.6. The fourth-order valence-corrected chi connectivity index (χ4v) is 4.51. The monoisotopic (exact) mass is 291 g/mol. The van der Waals surface area contributed by atoms with Gasteiger partial charge in [0.05, 0.1) is 11.9 Å². The average Bonchev–Trinajstić information content (AvgIpc) is 2.28. The van der Waals surface area contributed by atoms with Gasteiger partial charge in [-0.15, -0.1) is 0 Å². The van der Waals surface area contributed by atoms with E-state index < -0.39 is 26.8 Å². The molecule has 1 saturated carbocycles. The Labute approximate surface area is 115 Å². The molecule has 2 N–H and O–H groups in total. The summed E-state index contributed by atoms with van der Waals surface area (Å²) >= 11 is 0. The van der Waals surface area contributed by atoms with E-state index in [-0.39, 0.29) is 12.6 Å². The summed E-state index contributed by atoms with van der Waals surface area (Å²) in [5, 5.41) is -0.613. The van der Waals surface area contributed by atoms with Crippen LogP contribution in [0.3, 0.4) is 0 Å². The van der Waals surface area contributed by atoms with E-state index in [0.717, 1.165) is 6.42 Å². The highest BCUT2D eigenvalue weighted by Crippen LogP contribution is 2.33. The van der Waals surface area contributed by atoms with Gasteiger partial charge < -0.3 is 10.5 Å². The number of rotatable bonds is 5. The molecule has 6 heteroatoms. The van der Waals surface area contributed by atoms with Crippen molar-refractivity contribution in [1.82, 2.24) is 0 Å². The molecule has 112 valence electrons. The number of ether oxygens (including phenoxy) is 1. The molecule has 1 fully saturated rings. The van der Waals surface area contributed by atoms with E-state index in [4.69, 9.17) is 10.5 Å². The number of esters is 1. The van der Waals surface area contributed by atoms with Crippen LogP contribution in [0.1, 0.15) is 40.0 Å². The summed E-state index contributed by atoms with van der Waals surface area (Å²) in [6, 6.07) is -0.366. The highest BCUT2D eigenvalue weighted by molar-refractivity contribution is 7.92. The van der Waals surface area contributed by atoms with E-state index >= 15 is 0 Å². The van der Waals surface area contributed by atoms with E-state index in [0.29, 0.717) is 24.7 Å². The van der Waals surface area contributed by atoms with Gasteiger partial charge in [0.15, 0.2) is 9.84 Å². The quantitative estimate of drug-likeness (QED) is 0.767. The summed E-state index contributed by atoms with van der Waals surface area (Å²) in [4.78, 5) is 11.4. The van der Waals surface area contributed by atoms with E-state index in [2.05, 4.69) is 13.8 Å². The Kier molecular flexibility index (Phi) is 5.80. The third-order valence-electron chi connectivity index (χ3n) is 3.91. The lowest BCUT2D eigenvalue weighted by molar-refractivity contribution is -0.139. The van der Waals surface area contributed by atoms with Crippen molar-refractivity contribution in [1.29, 1.82) is 0 Å². The van der Waals surface area contributed by atoms with Gasteiger partial charge in [-0.2, -0.15) is 0 Å². The normalized spacial score (nSPS) is 28.4. The third-order valence-corrected chi connectivity index (χ3v) is 6.01. The number of carbonyl (C=O) groups is 1. The Bertz CT molecular complexity index is 405. The van der Waals surface area contributed by atoms with Crippen LogP contribution in [-0.2, 0) is 19.4 Å². The van der Waals surface area contributed by atoms with Crippen LogP contribution in [0.4, 0.5) is 0 Å². The molecule has 0 spiro atoms. The van der Waals surface area contributed by atoms with Crippen LogP contribution in [0.2, 0.25) is 0 Å². The molecule has 1 rings (SSSR count). The number of carbonyl (C=O) groups excluding carboxylic acids is 1. The lowest BCUT2D eigenvalue weighted by atomic mass is 9.79. The summed E-state index contributed by atoms with van der Waals surface area (Å²) in [7, 11) is -3.52. The maximum atomic E-state index is 12.3. The maximum Gasteiger partial charge on any atom is 0.321 e. The molecule has 3 unspecified atom stereocenters. The summed E-state index contributed by atoms with van der Waals surface area (Å²) < 4.78 is 29.3. The molecule has 0 bridgehead atoms. The zero-order valence-electron chi connectivity index (χ0n) is 12.0. The van der Waals surface area contributed by atoms with Gasteiger partial charge in [0.25, 0.3) is 0 Å². The van der Waals surface area contributed by atoms with Crippen molar-refractivity contribution >= 4 is 15.8 Å². The molecule has 0 saturated heterocycles. The van der Waals surface area contributed by atoms with Crippen molar-refractivity contribution in [3.63, 3.8) is 0 Å². The first-order valence-electron chi connectivity index (χ1n) is 6.90. The van der Waals surface area contributed by atoms with Gasteiger partial charge in [-0.05, 0) is 38.0 Å². The topological polar surface area (TPSA) is 86.5 Å². The lowest BCUT2D eigenvalue weighted by Crippen LogP contribution is -2.47. The zero-order valence-corrected chi connectivity index (χ0v) is 12.8. The highest BCUT2D eigenvalue weighted by Gasteiger charge is 2.39. The summed E-state index contributed by atoms with van der Waals surface area (Å²) in [6.07, 6.45) is 2.22. The first-order valence-corrected chi connectivity index (χ1v) is 8.62. The Morgan fingerprint density at radius 2 is 2.00 bits per heavy atom. The van der Waals surface area contributed by atoms with Gasteiger partial charge in [0, 0.05) is 6.04 Å². The molecular formula is C13H25NO4S. The molecule has 0 aromatic rings. The van der Waals surface area contributed by atoms with Crippen LogP contribution in [0.25, 0.3) is 0 Å². The second-order valence-corrected chi connectivity index (χ2v) is 7.85. The summed E-state index contributed by atoms with van der Waals surface area (Å²) in [5.41, 5.74) is 5.95. The second kappa shape index (κ2) is 6.70. The van der Waals surface area contributed by atoms with Gasteiger partial charge in [-0.1, -0.05) is 13.8 Å². The number of nitrogens with two attached hydrogens (primary N) is 1. The van der Waals surface area contributed by atoms with Crippen LogP contribution in [0.5, 0.6) is 0 Å². The fraction of sp³-hybridized carbons (Fsp3) is 0.923. The average molecular weight is 291 g/mol. The van der Waals surface area contributed by atoms with Gasteiger partial charge in [0.2, 0.25) is 0 Å². The highest BCUT2D eigenvalue weighted by atomic mass is 32.2. The molecule has 3 atom stereocenters. The van der Waals surface area contributed by atoms with Crippen LogP contribution in [0.15, 0.2) is 0 Å². The third kappa shape index (κ3) is 4.45. The Morgan fingerprint density at radius 1 is 1.37 bits per heavy atom. The summed E-state index contributed by atoms with van der Waals surface area (Å²) in [6.45, 7) is 6.04. The van der Waals surface area contributed by atoms with E-state index in [1.54, 1.807) is 6.92 Å². The molecule has 0 radical (unpaired) electrons. The number of sulfone groups is 1. The summed E-state index contributed by atoms with van der Waals surface area (Å²) in [5.74, 6) is -0.430. The smallest absolute Gasteiger partial charge is 0.321 e. The molecule has 5 nitrogen and oxygen atoms in total. The molecule has 0 heterocycles. The van der Waals surface area contributed by atoms with E-state index in [9.17, 15) is 13.2 Å². The molecule has 0 aliphatic heterocycles. The minimum atomic E-state index is -3.52. The van der Waals surface area contributed by atoms with Gasteiger partial charge in [-0.25, -0.2) is 8.42 Å². The standard InChI is InChI=1S/C13H25NO4S/c1-4-18-13(15)8-19(16,17)12-7-10(9(2)3)5-6-11(12)14/h9-12H,4-8,14H2,1-3H3. The van der Waals surface area contributed by atoms with Crippen LogP contribution >= 0.6 is 0 Å². The Morgan fingerprint density at radius 3 is 2.53 bits per heavy atom. The van der Waals surface area contributed by atoms with Crippen molar-refractivity contribution < 1.29 is 17.9 Å². The predicted octanol–water partition coefficient (Wildman–Crippen LogP) is 1.12. The molecular weight excluding hydrogens is 266 g/mol. The van der Waals surface area contributed by atoms with E-state index in [1.807, 2.05) is 0 Å². The largest absolute Gasteiger partial charge is 0.465 e. The molecule has 1 aliphatic rings. The maximum absolute atomic E-state index is 12.3. The Hall–Kier alpha value is -0.620. The molecule has 19 heavy (non-hydrogen) atoms. The van der Waals surface area contributed by atoms with Crippen molar-refractivity contribution in [3.05, 3.63) is 0 Å². The number of hydrogen-bond acceptors (Lipinski definition) is 5. The molecule has 0 aromatic carbocycles. The van der Waals surface area contributed by atoms with Crippen molar-refractivity contribution in [2.75, 3.05) is 12.4 Å². The number of hydrogen-bond donors (Lipinski definition) is 1. The second-order valence-electron chi connectivity index (χ2n) is 5.63. The predicted molar refractivity (Wildman–Crippen MR) is 74.4 cm³/mol. The van der Waals surface area contributed by atoms with Crippen LogP contribution < -0.4 is 5.73 Å². The van der Waals surface area contributed by atoms with Crippen LogP contribution in [0, 0.1) is 11.8 Å². The van der Waals surface area contributed by atoms with Gasteiger partial charge in [-0.3, -0.25) is 4.79 Å². The first kappa shape index (κ1) is 16.4. The minimum absolute atomic E-state index is 0.194. The Balaban J connectivity index is 2.77.